The highest BCUT2D eigenvalue weighted by atomic mass is 79.9. The fourth-order valence-electron chi connectivity index (χ4n) is 2.92. The Morgan fingerprint density at radius 2 is 1.96 bits per heavy atom. The summed E-state index contributed by atoms with van der Waals surface area (Å²) in [5.74, 6) is -0.830. The summed E-state index contributed by atoms with van der Waals surface area (Å²) in [5.41, 5.74) is 8.55. The number of nitrogens with zero attached hydrogens (tertiary/aromatic N) is 1. The second-order valence-corrected chi connectivity index (χ2v) is 7.42. The van der Waals surface area contributed by atoms with E-state index in [0.717, 1.165) is 23.2 Å². The average molecular weight is 415 g/mol. The highest BCUT2D eigenvalue weighted by molar-refractivity contribution is 9.10. The molecular weight excluding hydrogens is 395 g/mol. The number of rotatable bonds is 5. The molecule has 0 spiro atoms. The minimum Gasteiger partial charge on any atom is -0.369 e. The fourth-order valence-corrected chi connectivity index (χ4v) is 4.14. The first-order valence-corrected chi connectivity index (χ1v) is 8.73. The molecular formula is C18H20BrClFN2O+. The maximum Gasteiger partial charge on any atom is 0.222 e. The van der Waals surface area contributed by atoms with E-state index in [9.17, 15) is 9.18 Å². The molecule has 0 unspecified atom stereocenters. The number of halogens is 3. The van der Waals surface area contributed by atoms with Gasteiger partial charge in [-0.2, -0.15) is 0 Å². The zero-order valence-electron chi connectivity index (χ0n) is 13.9. The number of nitrogens with two attached hydrogens (primary N) is 1. The lowest BCUT2D eigenvalue weighted by Gasteiger charge is -2.32. The Hall–Kier alpha value is -1.43. The van der Waals surface area contributed by atoms with Gasteiger partial charge in [-0.25, -0.2) is 4.39 Å². The van der Waals surface area contributed by atoms with Crippen molar-refractivity contribution in [3.8, 4) is 0 Å². The molecule has 3 nitrogen and oxygen atoms in total. The van der Waals surface area contributed by atoms with Crippen LogP contribution in [0.3, 0.4) is 0 Å². The third-order valence-electron chi connectivity index (χ3n) is 4.06. The van der Waals surface area contributed by atoms with Gasteiger partial charge >= 0.3 is 0 Å². The van der Waals surface area contributed by atoms with Crippen LogP contribution in [-0.2, 0) is 17.6 Å². The summed E-state index contributed by atoms with van der Waals surface area (Å²) in [6, 6.07) is 8.82. The maximum atomic E-state index is 14.6. The van der Waals surface area contributed by atoms with E-state index in [1.54, 1.807) is 6.07 Å². The minimum atomic E-state index is -0.417. The maximum absolute atomic E-state index is 14.6. The van der Waals surface area contributed by atoms with Crippen LogP contribution in [-0.4, -0.2) is 20.0 Å². The molecule has 0 aliphatic heterocycles. The summed E-state index contributed by atoms with van der Waals surface area (Å²) in [6.07, 6.45) is 0.955. The van der Waals surface area contributed by atoms with Crippen molar-refractivity contribution in [1.82, 2.24) is 4.48 Å². The van der Waals surface area contributed by atoms with Crippen molar-refractivity contribution in [3.63, 3.8) is 0 Å². The number of carbonyl (C=O) groups excluding carboxylic acids is 1. The van der Waals surface area contributed by atoms with Crippen LogP contribution in [0.25, 0.3) is 0 Å². The standard InChI is InChI=1S/C18H19BrClFN2O/c1-4-11-5-6-16(12(7-11)8-17(22)24)23(2,3)18-14(19)9-13(20)10-15(18)21/h5-7,9-10H,4,8H2,1-3H3,(H-,22,24)/p+1. The normalized spacial score (nSPS) is 11.6. The lowest BCUT2D eigenvalue weighted by molar-refractivity contribution is -0.117. The Bertz CT molecular complexity index is 770. The van der Waals surface area contributed by atoms with Gasteiger partial charge in [-0.3, -0.25) is 9.28 Å². The van der Waals surface area contributed by atoms with E-state index in [4.69, 9.17) is 17.3 Å². The molecule has 6 heteroatoms. The highest BCUT2D eigenvalue weighted by Gasteiger charge is 2.32. The highest BCUT2D eigenvalue weighted by Crippen LogP contribution is 2.41. The summed E-state index contributed by atoms with van der Waals surface area (Å²) >= 11 is 9.32. The number of amides is 1. The van der Waals surface area contributed by atoms with E-state index in [1.165, 1.54) is 6.07 Å². The van der Waals surface area contributed by atoms with Crippen LogP contribution in [0.15, 0.2) is 34.8 Å². The van der Waals surface area contributed by atoms with E-state index < -0.39 is 11.7 Å². The largest absolute Gasteiger partial charge is 0.369 e. The van der Waals surface area contributed by atoms with Crippen LogP contribution in [0.5, 0.6) is 0 Å². The Morgan fingerprint density at radius 1 is 1.29 bits per heavy atom. The van der Waals surface area contributed by atoms with Gasteiger partial charge in [-0.1, -0.05) is 24.6 Å². The van der Waals surface area contributed by atoms with Crippen molar-refractivity contribution >= 4 is 44.8 Å². The second-order valence-electron chi connectivity index (χ2n) is 6.13. The summed E-state index contributed by atoms with van der Waals surface area (Å²) < 4.78 is 15.3. The monoisotopic (exact) mass is 413 g/mol. The number of benzene rings is 2. The van der Waals surface area contributed by atoms with Crippen LogP contribution in [0.2, 0.25) is 5.02 Å². The van der Waals surface area contributed by atoms with Crippen molar-refractivity contribution in [2.24, 2.45) is 5.73 Å². The van der Waals surface area contributed by atoms with Crippen LogP contribution in [0.4, 0.5) is 15.8 Å². The molecule has 0 fully saturated rings. The molecule has 24 heavy (non-hydrogen) atoms. The summed E-state index contributed by atoms with van der Waals surface area (Å²) in [4.78, 5) is 11.5. The van der Waals surface area contributed by atoms with Gasteiger partial charge in [0.05, 0.1) is 25.0 Å². The molecule has 0 saturated heterocycles. The van der Waals surface area contributed by atoms with E-state index in [-0.39, 0.29) is 10.9 Å². The second kappa shape index (κ2) is 7.21. The van der Waals surface area contributed by atoms with Gasteiger partial charge in [0.2, 0.25) is 5.91 Å². The number of carbonyl (C=O) groups is 1. The SMILES string of the molecule is CCc1ccc([N+](C)(C)c2c(F)cc(Cl)cc2Br)c(CC(N)=O)c1. The predicted molar refractivity (Wildman–Crippen MR) is 101 cm³/mol. The number of hydrogen-bond donors (Lipinski definition) is 1. The molecule has 0 aliphatic rings. The van der Waals surface area contributed by atoms with Crippen molar-refractivity contribution < 1.29 is 9.18 Å². The first-order valence-electron chi connectivity index (χ1n) is 7.56. The average Bonchev–Trinajstić information content (AvgIpc) is 2.44. The first-order chi connectivity index (χ1) is 11.2. The molecule has 2 rings (SSSR count). The molecule has 0 atom stereocenters. The summed E-state index contributed by atoms with van der Waals surface area (Å²) in [5, 5.41) is 0.321. The number of quaternary nitrogens is 1. The first kappa shape index (κ1) is 18.9. The molecule has 0 radical (unpaired) electrons. The molecule has 0 heterocycles. The molecule has 0 saturated carbocycles. The predicted octanol–water partition coefficient (Wildman–Crippen LogP) is 4.73. The minimum absolute atomic E-state index is 0.109. The third kappa shape index (κ3) is 3.79. The van der Waals surface area contributed by atoms with Gasteiger partial charge in [0.1, 0.15) is 5.69 Å². The van der Waals surface area contributed by atoms with E-state index >= 15 is 0 Å². The van der Waals surface area contributed by atoms with Crippen molar-refractivity contribution in [2.45, 2.75) is 19.8 Å². The molecule has 0 bridgehead atoms. The van der Waals surface area contributed by atoms with E-state index in [2.05, 4.69) is 15.9 Å². The van der Waals surface area contributed by atoms with E-state index in [0.29, 0.717) is 15.2 Å². The van der Waals surface area contributed by atoms with E-state index in [1.807, 2.05) is 39.2 Å². The Labute approximate surface area is 154 Å². The zero-order chi connectivity index (χ0) is 18.1. The molecule has 0 aromatic heterocycles. The van der Waals surface area contributed by atoms with Gasteiger partial charge in [0, 0.05) is 16.7 Å². The zero-order valence-corrected chi connectivity index (χ0v) is 16.2. The summed E-state index contributed by atoms with van der Waals surface area (Å²) in [7, 11) is 3.73. The molecule has 2 aromatic carbocycles. The van der Waals surface area contributed by atoms with Gasteiger partial charge in [0.15, 0.2) is 11.5 Å². The van der Waals surface area contributed by atoms with Crippen molar-refractivity contribution in [3.05, 3.63) is 56.8 Å². The van der Waals surface area contributed by atoms with Gasteiger partial charge in [-0.05, 0) is 46.1 Å². The summed E-state index contributed by atoms with van der Waals surface area (Å²) in [6.45, 7) is 2.04. The molecule has 2 N–H and O–H groups in total. The molecule has 128 valence electrons. The fraction of sp³-hybridized carbons (Fsp3) is 0.278. The lowest BCUT2D eigenvalue weighted by Crippen LogP contribution is -2.37. The lowest BCUT2D eigenvalue weighted by atomic mass is 10.0. The van der Waals surface area contributed by atoms with Gasteiger partial charge < -0.3 is 5.73 Å². The smallest absolute Gasteiger partial charge is 0.222 e. The third-order valence-corrected chi connectivity index (χ3v) is 4.88. The quantitative estimate of drug-likeness (QED) is 0.706. The Kier molecular flexibility index (Phi) is 5.68. The van der Waals surface area contributed by atoms with Gasteiger partial charge in [0.25, 0.3) is 0 Å². The Morgan fingerprint density at radius 3 is 2.50 bits per heavy atom. The van der Waals surface area contributed by atoms with Crippen LogP contribution >= 0.6 is 27.5 Å². The van der Waals surface area contributed by atoms with Crippen molar-refractivity contribution in [1.29, 1.82) is 0 Å². The van der Waals surface area contributed by atoms with Crippen LogP contribution < -0.4 is 10.2 Å². The molecule has 2 aromatic rings. The molecule has 1 amide bonds. The van der Waals surface area contributed by atoms with Gasteiger partial charge in [-0.15, -0.1) is 0 Å². The number of primary amides is 1. The van der Waals surface area contributed by atoms with Crippen molar-refractivity contribution in [2.75, 3.05) is 14.1 Å². The van der Waals surface area contributed by atoms with Crippen LogP contribution in [0, 0.1) is 5.82 Å². The number of aryl methyl sites for hydroxylation is 1. The molecule has 0 aliphatic carbocycles. The van der Waals surface area contributed by atoms with Crippen LogP contribution in [0.1, 0.15) is 18.1 Å². The Balaban J connectivity index is 2.67. The number of hydrogen-bond acceptors (Lipinski definition) is 1. The topological polar surface area (TPSA) is 43.1 Å².